The molecule has 1 saturated carbocycles. The lowest BCUT2D eigenvalue weighted by atomic mass is 9.90. The van der Waals surface area contributed by atoms with Crippen LogP contribution in [0, 0.1) is 5.92 Å². The van der Waals surface area contributed by atoms with Gasteiger partial charge in [-0.15, -0.1) is 0 Å². The molecule has 0 bridgehead atoms. The highest BCUT2D eigenvalue weighted by molar-refractivity contribution is 7.89. The highest BCUT2D eigenvalue weighted by Crippen LogP contribution is 2.41. The maximum atomic E-state index is 16.9. The fraction of sp³-hybridized carbons (Fsp3) is 0.459. The number of benzene rings is 3. The number of carbonyl (C=O) groups excluding carboxylic acids is 2. The largest absolute Gasteiger partial charge is 0.493 e. The smallest absolute Gasteiger partial charge is 0.492 e. The molecule has 0 unspecified atom stereocenters. The Kier molecular flexibility index (Phi) is 13.1. The standard InChI is InChI=1S/C37H41ClF5N3O7S/c1-2-51-32-22-26(10-17-31(32)38)25-8-11-27(12-9-25)36(39,40)33(34(47)45-20-18-28(44)19-21-45)46(53-35(48)37(41,42)43)54(49,50)30-15-13-29(14-16-30)52-23-24-6-4-3-5-7-24/h8-17,22,24,28,33H,2-7,18-21,23,44H2,1H3/t33-/m1/s1. The molecular weight excluding hydrogens is 761 g/mol. The Morgan fingerprint density at radius 2 is 1.50 bits per heavy atom. The summed E-state index contributed by atoms with van der Waals surface area (Å²) in [6.45, 7) is 1.96. The quantitative estimate of drug-likeness (QED) is 0.139. The van der Waals surface area contributed by atoms with Crippen molar-refractivity contribution in [1.82, 2.24) is 9.37 Å². The van der Waals surface area contributed by atoms with Gasteiger partial charge in [0.2, 0.25) is 6.04 Å². The summed E-state index contributed by atoms with van der Waals surface area (Å²) in [4.78, 5) is 30.7. The van der Waals surface area contributed by atoms with Gasteiger partial charge in [0, 0.05) is 24.7 Å². The van der Waals surface area contributed by atoms with E-state index in [2.05, 4.69) is 4.84 Å². The van der Waals surface area contributed by atoms with Gasteiger partial charge in [-0.1, -0.05) is 61.2 Å². The van der Waals surface area contributed by atoms with Crippen LogP contribution in [0.3, 0.4) is 0 Å². The van der Waals surface area contributed by atoms with Crippen molar-refractivity contribution in [2.45, 2.75) is 80.9 Å². The van der Waals surface area contributed by atoms with E-state index < -0.39 is 61.0 Å². The Bertz CT molecular complexity index is 1870. The van der Waals surface area contributed by atoms with Gasteiger partial charge >= 0.3 is 18.1 Å². The van der Waals surface area contributed by atoms with Crippen LogP contribution in [0.25, 0.3) is 11.1 Å². The van der Waals surface area contributed by atoms with Crippen molar-refractivity contribution < 1.29 is 54.3 Å². The van der Waals surface area contributed by atoms with Crippen molar-refractivity contribution in [3.63, 3.8) is 0 Å². The van der Waals surface area contributed by atoms with Crippen LogP contribution in [0.15, 0.2) is 71.6 Å². The number of sulfonamides is 1. The predicted molar refractivity (Wildman–Crippen MR) is 189 cm³/mol. The Morgan fingerprint density at radius 1 is 0.889 bits per heavy atom. The van der Waals surface area contributed by atoms with E-state index in [0.29, 0.717) is 35.1 Å². The van der Waals surface area contributed by atoms with E-state index in [1.54, 1.807) is 19.1 Å². The minimum atomic E-state index is -5.83. The molecule has 0 spiro atoms. The van der Waals surface area contributed by atoms with Crippen LogP contribution in [-0.4, -0.2) is 74.2 Å². The monoisotopic (exact) mass is 801 g/mol. The molecule has 1 atom stereocenters. The van der Waals surface area contributed by atoms with Crippen LogP contribution in [0.1, 0.15) is 57.4 Å². The molecule has 1 saturated heterocycles. The summed E-state index contributed by atoms with van der Waals surface area (Å²) in [6, 6.07) is 9.51. The lowest BCUT2D eigenvalue weighted by Gasteiger charge is -2.38. The van der Waals surface area contributed by atoms with Gasteiger partial charge < -0.3 is 24.9 Å². The van der Waals surface area contributed by atoms with Crippen molar-refractivity contribution >= 4 is 33.5 Å². The minimum absolute atomic E-state index is 0.140. The normalized spacial score (nSPS) is 16.9. The molecule has 0 radical (unpaired) electrons. The van der Waals surface area contributed by atoms with Gasteiger partial charge in [-0.3, -0.25) is 4.79 Å². The van der Waals surface area contributed by atoms with Gasteiger partial charge in [-0.2, -0.15) is 22.0 Å². The van der Waals surface area contributed by atoms with Crippen molar-refractivity contribution in [1.29, 1.82) is 0 Å². The molecule has 17 heteroatoms. The maximum Gasteiger partial charge on any atom is 0.492 e. The molecule has 5 rings (SSSR count). The van der Waals surface area contributed by atoms with Crippen molar-refractivity contribution in [3.05, 3.63) is 77.3 Å². The predicted octanol–water partition coefficient (Wildman–Crippen LogP) is 7.49. The lowest BCUT2D eigenvalue weighted by molar-refractivity contribution is -0.239. The van der Waals surface area contributed by atoms with Gasteiger partial charge in [0.05, 0.1) is 23.1 Å². The van der Waals surface area contributed by atoms with Gasteiger partial charge in [-0.05, 0) is 90.5 Å². The number of hydrogen-bond donors (Lipinski definition) is 1. The first kappa shape index (κ1) is 41.2. The molecule has 2 aliphatic rings. The first-order valence-electron chi connectivity index (χ1n) is 17.5. The molecule has 294 valence electrons. The zero-order valence-electron chi connectivity index (χ0n) is 29.4. The topological polar surface area (TPSA) is 128 Å². The second kappa shape index (κ2) is 17.2. The number of amides is 1. The zero-order chi connectivity index (χ0) is 39.3. The molecule has 2 N–H and O–H groups in total. The summed E-state index contributed by atoms with van der Waals surface area (Å²) in [7, 11) is -5.60. The number of ether oxygens (including phenoxy) is 2. The average Bonchev–Trinajstić information content (AvgIpc) is 3.15. The van der Waals surface area contributed by atoms with Crippen molar-refractivity contribution in [2.75, 3.05) is 26.3 Å². The summed E-state index contributed by atoms with van der Waals surface area (Å²) >= 11 is 6.18. The summed E-state index contributed by atoms with van der Waals surface area (Å²) in [5.41, 5.74) is 5.87. The van der Waals surface area contributed by atoms with E-state index in [1.807, 2.05) is 0 Å². The number of nitrogens with zero attached hydrogens (tertiary/aromatic N) is 2. The number of likely N-dealkylation sites (tertiary alicyclic amines) is 1. The Morgan fingerprint density at radius 3 is 2.09 bits per heavy atom. The molecule has 1 amide bonds. The van der Waals surface area contributed by atoms with Crippen LogP contribution < -0.4 is 15.2 Å². The third-order valence-corrected chi connectivity index (χ3v) is 11.4. The second-order valence-corrected chi connectivity index (χ2v) is 15.5. The Hall–Kier alpha value is -3.99. The third-order valence-electron chi connectivity index (χ3n) is 9.45. The van der Waals surface area contributed by atoms with Crippen LogP contribution >= 0.6 is 11.6 Å². The SMILES string of the molecule is CCOc1cc(-c2ccc(C(F)(F)[C@@H](C(=O)N3CCC(N)CC3)N(OC(=O)C(F)(F)F)S(=O)(=O)c3ccc(OCC4CCCCC4)cc3)cc2)ccc1Cl. The summed E-state index contributed by atoms with van der Waals surface area (Å²) in [5.74, 6) is -8.47. The molecule has 3 aromatic carbocycles. The van der Waals surface area contributed by atoms with Crippen LogP contribution in [0.5, 0.6) is 11.5 Å². The number of rotatable bonds is 13. The highest BCUT2D eigenvalue weighted by Gasteiger charge is 2.58. The van der Waals surface area contributed by atoms with Gasteiger partial charge in [0.15, 0.2) is 0 Å². The molecule has 2 fully saturated rings. The number of halogens is 6. The fourth-order valence-corrected chi connectivity index (χ4v) is 7.94. The number of hydrogen-bond acceptors (Lipinski definition) is 8. The molecule has 1 aliphatic heterocycles. The number of nitrogens with two attached hydrogens (primary N) is 1. The van der Waals surface area contributed by atoms with E-state index in [0.717, 1.165) is 61.3 Å². The number of piperidine rings is 1. The van der Waals surface area contributed by atoms with E-state index in [1.165, 1.54) is 30.3 Å². The maximum absolute atomic E-state index is 16.9. The summed E-state index contributed by atoms with van der Waals surface area (Å²) in [5, 5.41) is 0.306. The van der Waals surface area contributed by atoms with E-state index in [9.17, 15) is 31.2 Å². The van der Waals surface area contributed by atoms with Crippen LogP contribution in [0.2, 0.25) is 5.02 Å². The number of carbonyl (C=O) groups is 2. The Labute approximate surface area is 315 Å². The highest BCUT2D eigenvalue weighted by atomic mass is 35.5. The van der Waals surface area contributed by atoms with E-state index >= 15 is 8.78 Å². The molecule has 1 heterocycles. The Balaban J connectivity index is 1.55. The minimum Gasteiger partial charge on any atom is -0.493 e. The molecule has 3 aromatic rings. The molecule has 1 aliphatic carbocycles. The van der Waals surface area contributed by atoms with Crippen molar-refractivity contribution in [2.24, 2.45) is 11.7 Å². The van der Waals surface area contributed by atoms with E-state index in [4.69, 9.17) is 26.8 Å². The van der Waals surface area contributed by atoms with Gasteiger partial charge in [0.25, 0.3) is 15.9 Å². The molecular formula is C37H41ClF5N3O7S. The second-order valence-electron chi connectivity index (χ2n) is 13.3. The number of hydroxylamine groups is 1. The van der Waals surface area contributed by atoms with E-state index in [-0.39, 0.29) is 37.6 Å². The number of alkyl halides is 5. The van der Waals surface area contributed by atoms with Gasteiger partial charge in [-0.25, -0.2) is 13.2 Å². The first-order valence-corrected chi connectivity index (χ1v) is 19.4. The zero-order valence-corrected chi connectivity index (χ0v) is 30.9. The lowest BCUT2D eigenvalue weighted by Crippen LogP contribution is -2.60. The molecule has 0 aromatic heterocycles. The third kappa shape index (κ3) is 9.62. The first-order chi connectivity index (χ1) is 25.5. The van der Waals surface area contributed by atoms with Crippen molar-refractivity contribution in [3.8, 4) is 22.6 Å². The molecule has 10 nitrogen and oxygen atoms in total. The van der Waals surface area contributed by atoms with Gasteiger partial charge in [0.1, 0.15) is 11.5 Å². The summed E-state index contributed by atoms with van der Waals surface area (Å²) < 4.78 is 114. The van der Waals surface area contributed by atoms with Crippen LogP contribution in [0.4, 0.5) is 22.0 Å². The summed E-state index contributed by atoms with van der Waals surface area (Å²) in [6.07, 6.45) is -0.415. The molecule has 54 heavy (non-hydrogen) atoms. The van der Waals surface area contributed by atoms with Crippen LogP contribution in [-0.2, 0) is 30.4 Å². The fourth-order valence-electron chi connectivity index (χ4n) is 6.42. The average molecular weight is 802 g/mol.